The molecule has 6 N–H and O–H groups in total. The summed E-state index contributed by atoms with van der Waals surface area (Å²) in [5.41, 5.74) is 5.37. The molecule has 5 atom stereocenters. The number of rotatable bonds is 6. The van der Waals surface area contributed by atoms with E-state index in [9.17, 15) is 14.5 Å². The van der Waals surface area contributed by atoms with E-state index in [0.29, 0.717) is 0 Å². The normalized spacial score (nSPS) is 27.9. The lowest BCUT2D eigenvalue weighted by Gasteiger charge is -2.20. The predicted octanol–water partition coefficient (Wildman–Crippen LogP) is -1.16. The number of aliphatic hydroxyl groups excluding tert-OH is 1. The number of H-pyrrole nitrogens is 1. The van der Waals surface area contributed by atoms with Crippen LogP contribution in [0.15, 0.2) is 4.79 Å². The lowest BCUT2D eigenvalue weighted by atomic mass is 10.1. The Morgan fingerprint density at radius 1 is 1.57 bits per heavy atom. The van der Waals surface area contributed by atoms with Crippen molar-refractivity contribution in [2.45, 2.75) is 31.5 Å². The van der Waals surface area contributed by atoms with E-state index in [1.165, 1.54) is 14.0 Å². The molecule has 2 heterocycles. The van der Waals surface area contributed by atoms with E-state index in [4.69, 9.17) is 20.1 Å². The molecule has 12 heteroatoms. The SMILES string of the molecule is CO[C@H]1[C@H](Nc2nc(N)[nH]c(=O)c2C)OC(CO[P+](=O)O)[C@H]1O. The molecule has 0 saturated carbocycles. The van der Waals surface area contributed by atoms with E-state index < -0.39 is 38.4 Å². The van der Waals surface area contributed by atoms with Gasteiger partial charge in [-0.1, -0.05) is 0 Å². The Labute approximate surface area is 131 Å². The highest BCUT2D eigenvalue weighted by Crippen LogP contribution is 2.27. The first-order valence-corrected chi connectivity index (χ1v) is 7.74. The standard InChI is InChI=1S/C11H17N4O7P/c1-4-8(14-11(12)15-9(4)17)13-10-7(20-2)6(16)5(22-10)3-21-23(18)19/h5-7,10,16H,3H2,1-2H3,(H4-,12,13,14,15,17,18,19)/p+1/t5?,6-,7-,10-/m1/s1. The molecule has 0 radical (unpaired) electrons. The van der Waals surface area contributed by atoms with Crippen LogP contribution in [0.1, 0.15) is 5.56 Å². The van der Waals surface area contributed by atoms with Crippen LogP contribution in [0.25, 0.3) is 0 Å². The Bertz CT molecular complexity index is 639. The average molecular weight is 349 g/mol. The number of nitrogens with two attached hydrogens (primary N) is 1. The average Bonchev–Trinajstić information content (AvgIpc) is 2.77. The summed E-state index contributed by atoms with van der Waals surface area (Å²) in [4.78, 5) is 26.7. The van der Waals surface area contributed by atoms with Gasteiger partial charge in [-0.15, -0.1) is 9.42 Å². The second-order valence-electron chi connectivity index (χ2n) is 4.89. The van der Waals surface area contributed by atoms with Crippen molar-refractivity contribution in [3.05, 3.63) is 15.9 Å². The molecule has 2 unspecified atom stereocenters. The molecule has 1 aliphatic heterocycles. The van der Waals surface area contributed by atoms with Crippen molar-refractivity contribution in [2.75, 3.05) is 24.8 Å². The summed E-state index contributed by atoms with van der Waals surface area (Å²) in [6.07, 6.45) is -3.65. The van der Waals surface area contributed by atoms with Gasteiger partial charge >= 0.3 is 8.25 Å². The lowest BCUT2D eigenvalue weighted by Crippen LogP contribution is -2.39. The van der Waals surface area contributed by atoms with Crippen LogP contribution in [0.2, 0.25) is 0 Å². The number of nitrogens with zero attached hydrogens (tertiary/aromatic N) is 1. The maximum absolute atomic E-state index is 11.7. The Morgan fingerprint density at radius 3 is 2.87 bits per heavy atom. The maximum Gasteiger partial charge on any atom is 0.694 e. The maximum atomic E-state index is 11.7. The molecule has 0 spiro atoms. The molecule has 0 bridgehead atoms. The molecule has 23 heavy (non-hydrogen) atoms. The highest BCUT2D eigenvalue weighted by Gasteiger charge is 2.45. The third-order valence-corrected chi connectivity index (χ3v) is 3.78. The number of hydrogen-bond acceptors (Lipinski definition) is 9. The zero-order valence-corrected chi connectivity index (χ0v) is 13.3. The van der Waals surface area contributed by atoms with Gasteiger partial charge in [-0.05, 0) is 6.92 Å². The molecule has 1 fully saturated rings. The van der Waals surface area contributed by atoms with Gasteiger partial charge in [-0.3, -0.25) is 9.78 Å². The minimum absolute atomic E-state index is 0.0761. The van der Waals surface area contributed by atoms with Gasteiger partial charge in [0.25, 0.3) is 5.56 Å². The second kappa shape index (κ2) is 7.30. The molecule has 1 aromatic rings. The van der Waals surface area contributed by atoms with Crippen molar-refractivity contribution in [2.24, 2.45) is 0 Å². The first-order chi connectivity index (χ1) is 10.8. The highest BCUT2D eigenvalue weighted by atomic mass is 31.1. The van der Waals surface area contributed by atoms with Gasteiger partial charge in [0.1, 0.15) is 30.7 Å². The number of aliphatic hydroxyl groups is 1. The number of ether oxygens (including phenoxy) is 2. The van der Waals surface area contributed by atoms with Crippen molar-refractivity contribution in [1.29, 1.82) is 0 Å². The molecule has 0 aliphatic carbocycles. The summed E-state index contributed by atoms with van der Waals surface area (Å²) in [6.45, 7) is 1.24. The summed E-state index contributed by atoms with van der Waals surface area (Å²) in [5.74, 6) is 0.105. The minimum Gasteiger partial charge on any atom is -0.387 e. The van der Waals surface area contributed by atoms with Gasteiger partial charge in [-0.25, -0.2) is 0 Å². The van der Waals surface area contributed by atoms with Crippen LogP contribution in [0.5, 0.6) is 0 Å². The Morgan fingerprint density at radius 2 is 2.26 bits per heavy atom. The Balaban J connectivity index is 2.15. The largest absolute Gasteiger partial charge is 0.694 e. The summed E-state index contributed by atoms with van der Waals surface area (Å²) in [5, 5.41) is 13.0. The number of aromatic nitrogens is 2. The number of anilines is 2. The third kappa shape index (κ3) is 4.02. The zero-order chi connectivity index (χ0) is 17.1. The smallest absolute Gasteiger partial charge is 0.387 e. The van der Waals surface area contributed by atoms with E-state index in [0.717, 1.165) is 0 Å². The topological polar surface area (TPSA) is 169 Å². The third-order valence-electron chi connectivity index (χ3n) is 3.41. The lowest BCUT2D eigenvalue weighted by molar-refractivity contribution is -0.0111. The van der Waals surface area contributed by atoms with Crippen LogP contribution in [0.4, 0.5) is 11.8 Å². The fourth-order valence-electron chi connectivity index (χ4n) is 2.22. The van der Waals surface area contributed by atoms with Crippen molar-refractivity contribution in [3.8, 4) is 0 Å². The van der Waals surface area contributed by atoms with E-state index in [-0.39, 0.29) is 23.9 Å². The van der Waals surface area contributed by atoms with E-state index in [1.807, 2.05) is 0 Å². The fourth-order valence-corrected chi connectivity index (χ4v) is 2.49. The van der Waals surface area contributed by atoms with Gasteiger partial charge in [0, 0.05) is 11.7 Å². The molecule has 1 saturated heterocycles. The Kier molecular flexibility index (Phi) is 5.63. The van der Waals surface area contributed by atoms with Crippen LogP contribution in [0, 0.1) is 6.92 Å². The minimum atomic E-state index is -2.81. The summed E-state index contributed by atoms with van der Waals surface area (Å²) in [7, 11) is -1.44. The first-order valence-electron chi connectivity index (χ1n) is 6.61. The van der Waals surface area contributed by atoms with Gasteiger partial charge in [0.2, 0.25) is 5.95 Å². The second-order valence-corrected chi connectivity index (χ2v) is 5.62. The van der Waals surface area contributed by atoms with Crippen molar-refractivity contribution in [1.82, 2.24) is 9.97 Å². The number of aromatic amines is 1. The molecule has 11 nitrogen and oxygen atoms in total. The number of methoxy groups -OCH3 is 1. The molecule has 0 aromatic carbocycles. The van der Waals surface area contributed by atoms with Crippen molar-refractivity contribution in [3.63, 3.8) is 0 Å². The monoisotopic (exact) mass is 349 g/mol. The molecule has 0 amide bonds. The van der Waals surface area contributed by atoms with Gasteiger partial charge in [0.15, 0.2) is 6.23 Å². The molecule has 2 rings (SSSR count). The van der Waals surface area contributed by atoms with Crippen LogP contribution in [-0.2, 0) is 18.6 Å². The molecular weight excluding hydrogens is 331 g/mol. The van der Waals surface area contributed by atoms with E-state index >= 15 is 0 Å². The number of nitrogens with one attached hydrogen (secondary N) is 2. The molecule has 1 aliphatic rings. The van der Waals surface area contributed by atoms with Crippen molar-refractivity contribution >= 4 is 20.0 Å². The summed E-state index contributed by atoms with van der Waals surface area (Å²) >= 11 is 0. The number of hydrogen-bond donors (Lipinski definition) is 5. The van der Waals surface area contributed by atoms with Crippen LogP contribution < -0.4 is 16.6 Å². The highest BCUT2D eigenvalue weighted by molar-refractivity contribution is 7.32. The van der Waals surface area contributed by atoms with Crippen LogP contribution in [0.3, 0.4) is 0 Å². The Hall–Kier alpha value is -1.62. The van der Waals surface area contributed by atoms with Crippen molar-refractivity contribution < 1.29 is 28.6 Å². The summed E-state index contributed by atoms with van der Waals surface area (Å²) < 4.78 is 25.8. The molecular formula is C11H18N4O7P+. The first kappa shape index (κ1) is 17.7. The fraction of sp³-hybridized carbons (Fsp3) is 0.636. The van der Waals surface area contributed by atoms with Crippen LogP contribution in [-0.4, -0.2) is 58.2 Å². The zero-order valence-electron chi connectivity index (χ0n) is 12.4. The van der Waals surface area contributed by atoms with Gasteiger partial charge in [0.05, 0.1) is 5.56 Å². The van der Waals surface area contributed by atoms with Gasteiger partial charge in [-0.2, -0.15) is 4.98 Å². The molecule has 1 aromatic heterocycles. The van der Waals surface area contributed by atoms with Crippen LogP contribution >= 0.6 is 8.25 Å². The van der Waals surface area contributed by atoms with Gasteiger partial charge < -0.3 is 25.6 Å². The quantitative estimate of drug-likeness (QED) is 0.395. The summed E-state index contributed by atoms with van der Waals surface area (Å²) in [6, 6.07) is 0. The molecule has 128 valence electrons. The van der Waals surface area contributed by atoms with E-state index in [2.05, 4.69) is 19.8 Å². The predicted molar refractivity (Wildman–Crippen MR) is 78.9 cm³/mol. The number of nitrogen functional groups attached to an aromatic ring is 1. The van der Waals surface area contributed by atoms with E-state index in [1.54, 1.807) is 0 Å².